The molecule has 2 aliphatic rings. The molecule has 2 radical (unpaired) electrons. The van der Waals surface area contributed by atoms with E-state index in [2.05, 4.69) is 91.0 Å². The Hall–Kier alpha value is -1.38. The van der Waals surface area contributed by atoms with Crippen molar-refractivity contribution in [2.45, 2.75) is 0 Å². The van der Waals surface area contributed by atoms with E-state index in [9.17, 15) is 0 Å². The van der Waals surface area contributed by atoms with E-state index in [0.717, 1.165) is 16.5 Å². The van der Waals surface area contributed by atoms with E-state index in [-0.39, 0.29) is 29.0 Å². The van der Waals surface area contributed by atoms with Crippen molar-refractivity contribution < 1.29 is 21.7 Å². The number of hydrogen-bond donors (Lipinski definition) is 0. The van der Waals surface area contributed by atoms with Gasteiger partial charge in [-0.3, -0.25) is 0 Å². The molecule has 4 heteroatoms. The first-order chi connectivity index (χ1) is 15.4. The van der Waals surface area contributed by atoms with Crippen molar-refractivity contribution in [2.24, 2.45) is 0 Å². The molecule has 2 atom stereocenters. The molecule has 0 saturated carbocycles. The van der Waals surface area contributed by atoms with E-state index in [1.165, 1.54) is 15.9 Å². The van der Waals surface area contributed by atoms with E-state index in [1.54, 1.807) is 0 Å². The fourth-order valence-electron chi connectivity index (χ4n) is 2.66. The van der Waals surface area contributed by atoms with Gasteiger partial charge < -0.3 is 0 Å². The van der Waals surface area contributed by atoms with Gasteiger partial charge in [-0.1, -0.05) is 156 Å². The summed E-state index contributed by atoms with van der Waals surface area (Å²) < 4.78 is 0. The largest absolute Gasteiger partial charge is 0.0767 e. The van der Waals surface area contributed by atoms with Gasteiger partial charge in [-0.25, -0.2) is 0 Å². The first-order valence-electron chi connectivity index (χ1n) is 10.2. The van der Waals surface area contributed by atoms with Gasteiger partial charge in [-0.05, 0) is 23.2 Å². The van der Waals surface area contributed by atoms with Gasteiger partial charge in [-0.2, -0.15) is 0 Å². The van der Waals surface area contributed by atoms with Crippen molar-refractivity contribution in [1.82, 2.24) is 0 Å². The van der Waals surface area contributed by atoms with Crippen LogP contribution in [0.5, 0.6) is 0 Å². The van der Waals surface area contributed by atoms with Crippen LogP contribution in [0.4, 0.5) is 0 Å². The van der Waals surface area contributed by atoms with E-state index in [1.807, 2.05) is 61.4 Å². The first-order valence-corrected chi connectivity index (χ1v) is 15.3. The van der Waals surface area contributed by atoms with Crippen LogP contribution in [0.1, 0.15) is 0 Å². The van der Waals surface area contributed by atoms with Crippen molar-refractivity contribution in [3.8, 4) is 0 Å². The van der Waals surface area contributed by atoms with Crippen LogP contribution in [0.2, 0.25) is 0 Å². The summed E-state index contributed by atoms with van der Waals surface area (Å²) in [6, 6.07) is 32.8. The summed E-state index contributed by atoms with van der Waals surface area (Å²) >= 11 is 0. The maximum absolute atomic E-state index is 2.29. The van der Waals surface area contributed by atoms with Crippen LogP contribution in [0.3, 0.4) is 0 Å². The number of hydrogen-bond acceptors (Lipinski definition) is 0. The Morgan fingerprint density at radius 1 is 0.406 bits per heavy atom. The molecular formula is C28H27P3Ti. The Morgan fingerprint density at radius 2 is 0.750 bits per heavy atom. The summed E-state index contributed by atoms with van der Waals surface area (Å²) in [6.07, 6.45) is 20.0. The molecule has 158 valence electrons. The van der Waals surface area contributed by atoms with Gasteiger partial charge in [0.05, 0.1) is 0 Å². The summed E-state index contributed by atoms with van der Waals surface area (Å²) in [5.74, 6) is 0. The van der Waals surface area contributed by atoms with Gasteiger partial charge in [0.15, 0.2) is 0 Å². The Morgan fingerprint density at radius 3 is 1.06 bits per heavy atom. The third kappa shape index (κ3) is 11.0. The minimum absolute atomic E-state index is 0. The third-order valence-electron chi connectivity index (χ3n) is 4.15. The second-order valence-corrected chi connectivity index (χ2v) is 14.7. The summed E-state index contributed by atoms with van der Waals surface area (Å²) in [5.41, 5.74) is 0. The molecule has 0 spiro atoms. The van der Waals surface area contributed by atoms with Gasteiger partial charge in [0.25, 0.3) is 0 Å². The zero-order valence-corrected chi connectivity index (χ0v) is 22.3. The second-order valence-electron chi connectivity index (χ2n) is 6.55. The second kappa shape index (κ2) is 17.1. The summed E-state index contributed by atoms with van der Waals surface area (Å²) in [7, 11) is 1.60. The van der Waals surface area contributed by atoms with Crippen LogP contribution in [0, 0.1) is 12.8 Å². The average Bonchev–Trinajstić information content (AvgIpc) is 3.60. The molecule has 0 aliphatic heterocycles. The quantitative estimate of drug-likeness (QED) is 0.254. The van der Waals surface area contributed by atoms with Crippen molar-refractivity contribution in [3.05, 3.63) is 152 Å². The molecule has 0 bridgehead atoms. The Balaban J connectivity index is 0.000000271. The number of benzene rings is 3. The number of allylic oxidation sites excluding steroid dienone is 8. The van der Waals surface area contributed by atoms with E-state index in [4.69, 9.17) is 0 Å². The molecule has 3 aromatic rings. The molecule has 2 unspecified atom stereocenters. The van der Waals surface area contributed by atoms with Crippen LogP contribution < -0.4 is 15.9 Å². The molecule has 3 aromatic carbocycles. The molecular weight excluding hydrogens is 477 g/mol. The molecule has 0 fully saturated rings. The SMILES string of the molecule is [CH]1C=CC=C1.[CH]1C=CC=C1.[Ti].c1ccc(PP(Pc2ccccc2)c2ccccc2)cc1. The van der Waals surface area contributed by atoms with Gasteiger partial charge >= 0.3 is 0 Å². The van der Waals surface area contributed by atoms with Crippen molar-refractivity contribution in [2.75, 3.05) is 0 Å². The van der Waals surface area contributed by atoms with Crippen LogP contribution in [-0.4, -0.2) is 0 Å². The molecule has 0 N–H and O–H groups in total. The van der Waals surface area contributed by atoms with Crippen LogP contribution in [-0.2, 0) is 21.7 Å². The van der Waals surface area contributed by atoms with E-state index in [0.29, 0.717) is 0 Å². The maximum atomic E-state index is 2.29. The normalized spacial score (nSPS) is 14.1. The van der Waals surface area contributed by atoms with Crippen LogP contribution in [0.15, 0.2) is 140 Å². The summed E-state index contributed by atoms with van der Waals surface area (Å²) in [6.45, 7) is 0. The molecule has 0 nitrogen and oxygen atoms in total. The Labute approximate surface area is 213 Å². The molecule has 0 aromatic heterocycles. The summed E-state index contributed by atoms with van der Waals surface area (Å²) in [5, 5.41) is 4.45. The monoisotopic (exact) mass is 504 g/mol. The molecule has 5 rings (SSSR count). The minimum atomic E-state index is -0.153. The molecule has 2 aliphatic carbocycles. The molecule has 0 amide bonds. The van der Waals surface area contributed by atoms with E-state index >= 15 is 0 Å². The van der Waals surface area contributed by atoms with Crippen molar-refractivity contribution in [3.63, 3.8) is 0 Å². The topological polar surface area (TPSA) is 0 Å². The van der Waals surface area contributed by atoms with Crippen LogP contribution >= 0.6 is 23.8 Å². The van der Waals surface area contributed by atoms with Gasteiger partial charge in [0, 0.05) is 34.6 Å². The predicted molar refractivity (Wildman–Crippen MR) is 147 cm³/mol. The van der Waals surface area contributed by atoms with Crippen molar-refractivity contribution in [1.29, 1.82) is 0 Å². The minimum Gasteiger partial charge on any atom is -0.0767 e. The fourth-order valence-corrected chi connectivity index (χ4v) is 11.8. The third-order valence-corrected chi connectivity index (χ3v) is 13.1. The molecule has 0 saturated heterocycles. The van der Waals surface area contributed by atoms with Crippen molar-refractivity contribution >= 4 is 39.8 Å². The first kappa shape index (κ1) is 26.9. The Bertz CT molecular complexity index is 897. The van der Waals surface area contributed by atoms with Gasteiger partial charge in [0.2, 0.25) is 0 Å². The fraction of sp³-hybridized carbons (Fsp3) is 0. The molecule has 0 heterocycles. The standard InChI is InChI=1S/C18H17P3.2C5H5.Ti/c1-4-10-16(11-5-1)19-21(18-14-8-3-9-15-18)20-17-12-6-2-7-13-17;2*1-2-4-5-3-1;/h1-15,19-20H;2*1-5H;. The van der Waals surface area contributed by atoms with Gasteiger partial charge in [0.1, 0.15) is 0 Å². The van der Waals surface area contributed by atoms with E-state index < -0.39 is 0 Å². The average molecular weight is 504 g/mol. The van der Waals surface area contributed by atoms with Crippen LogP contribution in [0.25, 0.3) is 0 Å². The maximum Gasteiger partial charge on any atom is 0.00506 e. The number of rotatable bonds is 5. The van der Waals surface area contributed by atoms with Gasteiger partial charge in [-0.15, -0.1) is 0 Å². The predicted octanol–water partition coefficient (Wildman–Crippen LogP) is 7.26. The smallest absolute Gasteiger partial charge is 0.00506 e. The zero-order chi connectivity index (χ0) is 21.4. The summed E-state index contributed by atoms with van der Waals surface area (Å²) in [4.78, 5) is 0. The molecule has 32 heavy (non-hydrogen) atoms. The Kier molecular flexibility index (Phi) is 14.4. The zero-order valence-electron chi connectivity index (χ0n) is 17.9.